The number of hydrogen-bond acceptors (Lipinski definition) is 7. The summed E-state index contributed by atoms with van der Waals surface area (Å²) in [6.45, 7) is 7.39. The highest BCUT2D eigenvalue weighted by molar-refractivity contribution is 5.61. The van der Waals surface area contributed by atoms with Crippen LogP contribution in [0.5, 0.6) is 11.8 Å². The second-order valence-corrected chi connectivity index (χ2v) is 6.77. The first kappa shape index (κ1) is 16.4. The predicted molar refractivity (Wildman–Crippen MR) is 75.6 cm³/mol. The van der Waals surface area contributed by atoms with Crippen LogP contribution in [0.1, 0.15) is 40.5 Å². The molecule has 0 unspecified atom stereocenters. The molecule has 1 aromatic heterocycles. The van der Waals surface area contributed by atoms with Crippen molar-refractivity contribution in [3.63, 3.8) is 0 Å². The fourth-order valence-corrected chi connectivity index (χ4v) is 2.99. The van der Waals surface area contributed by atoms with Gasteiger partial charge in [-0.2, -0.15) is 5.06 Å². The van der Waals surface area contributed by atoms with Gasteiger partial charge >= 0.3 is 6.16 Å². The Kier molecular flexibility index (Phi) is 4.01. The molecule has 0 bridgehead atoms. The molecule has 1 aliphatic rings. The van der Waals surface area contributed by atoms with Gasteiger partial charge in [-0.3, -0.25) is 4.84 Å². The van der Waals surface area contributed by atoms with Gasteiger partial charge in [-0.25, -0.2) is 4.79 Å². The maximum Gasteiger partial charge on any atom is 0.534 e. The van der Waals surface area contributed by atoms with Crippen LogP contribution >= 0.6 is 0 Å². The van der Waals surface area contributed by atoms with E-state index in [1.54, 1.807) is 0 Å². The molecule has 1 aliphatic heterocycles. The maximum absolute atomic E-state index is 11.8. The zero-order valence-electron chi connectivity index (χ0n) is 13.1. The average molecular weight is 314 g/mol. The average Bonchev–Trinajstić information content (AvgIpc) is 2.67. The van der Waals surface area contributed by atoms with Crippen molar-refractivity contribution in [2.24, 2.45) is 0 Å². The van der Waals surface area contributed by atoms with Gasteiger partial charge in [-0.15, -0.1) is 4.73 Å². The lowest BCUT2D eigenvalue weighted by Gasteiger charge is -2.50. The smallest absolute Gasteiger partial charge is 0.492 e. The Morgan fingerprint density at radius 2 is 1.59 bits per heavy atom. The molecule has 1 saturated heterocycles. The van der Waals surface area contributed by atoms with Crippen molar-refractivity contribution in [2.75, 3.05) is 0 Å². The minimum absolute atomic E-state index is 0.416. The van der Waals surface area contributed by atoms with E-state index in [-0.39, 0.29) is 0 Å². The lowest BCUT2D eigenvalue weighted by atomic mass is 9.80. The summed E-state index contributed by atoms with van der Waals surface area (Å²) in [6, 6.07) is 2.36. The molecule has 2 heterocycles. The summed E-state index contributed by atoms with van der Waals surface area (Å²) in [7, 11) is 0. The number of nitrogens with zero attached hydrogens (tertiary/aromatic N) is 2. The summed E-state index contributed by atoms with van der Waals surface area (Å²) in [4.78, 5) is 16.6. The molecule has 0 amide bonds. The van der Waals surface area contributed by atoms with Gasteiger partial charge in [0.05, 0.1) is 0 Å². The van der Waals surface area contributed by atoms with E-state index in [0.717, 1.165) is 0 Å². The normalized spacial score (nSPS) is 21.5. The number of aromatic hydroxyl groups is 2. The molecule has 0 saturated carbocycles. The summed E-state index contributed by atoms with van der Waals surface area (Å²) in [6.07, 6.45) is -0.650. The molecule has 0 aromatic carbocycles. The summed E-state index contributed by atoms with van der Waals surface area (Å²) < 4.78 is 5.82. The van der Waals surface area contributed by atoms with Gasteiger partial charge in [0.1, 0.15) is 6.10 Å². The van der Waals surface area contributed by atoms with Gasteiger partial charge in [-0.05, 0) is 27.7 Å². The van der Waals surface area contributed by atoms with Crippen LogP contribution in [0.2, 0.25) is 0 Å². The fraction of sp³-hybridized carbons (Fsp3) is 0.643. The van der Waals surface area contributed by atoms with Crippen LogP contribution in [0.15, 0.2) is 12.1 Å². The van der Waals surface area contributed by atoms with Crippen LogP contribution in [0, 0.1) is 0 Å². The maximum atomic E-state index is 11.8. The summed E-state index contributed by atoms with van der Waals surface area (Å²) in [5.74, 6) is -0.833. The first-order chi connectivity index (χ1) is 10.0. The van der Waals surface area contributed by atoms with Crippen LogP contribution in [0.4, 0.5) is 4.79 Å². The Hall–Kier alpha value is -1.93. The third-order valence-electron chi connectivity index (χ3n) is 3.83. The van der Waals surface area contributed by atoms with Crippen molar-refractivity contribution >= 4 is 6.16 Å². The zero-order valence-corrected chi connectivity index (χ0v) is 13.1. The van der Waals surface area contributed by atoms with E-state index in [4.69, 9.17) is 9.57 Å². The number of ether oxygens (including phenoxy) is 1. The number of carbonyl (C=O) groups excluding carboxylic acids is 1. The van der Waals surface area contributed by atoms with E-state index in [1.807, 2.05) is 27.7 Å². The highest BCUT2D eigenvalue weighted by Gasteiger charge is 2.46. The Balaban J connectivity index is 2.03. The molecule has 22 heavy (non-hydrogen) atoms. The predicted octanol–water partition coefficient (Wildman–Crippen LogP) is 1.88. The Morgan fingerprint density at radius 3 is 2.05 bits per heavy atom. The van der Waals surface area contributed by atoms with Crippen LogP contribution in [-0.4, -0.2) is 48.6 Å². The molecular weight excluding hydrogens is 292 g/mol. The van der Waals surface area contributed by atoms with Crippen molar-refractivity contribution in [3.8, 4) is 11.8 Å². The number of hydrogen-bond donors (Lipinski definition) is 3. The third kappa shape index (κ3) is 3.12. The SMILES string of the molecule is CC1(C)CC(OC(=O)On2c(O)ccc2O)CC(C)(C)N1O. The van der Waals surface area contributed by atoms with E-state index in [1.165, 1.54) is 17.2 Å². The minimum Gasteiger partial charge on any atom is -0.492 e. The Labute approximate surface area is 128 Å². The fourth-order valence-electron chi connectivity index (χ4n) is 2.99. The molecule has 1 fully saturated rings. The molecule has 0 spiro atoms. The molecule has 8 nitrogen and oxygen atoms in total. The van der Waals surface area contributed by atoms with E-state index in [9.17, 15) is 20.2 Å². The Morgan fingerprint density at radius 1 is 1.14 bits per heavy atom. The number of carbonyl (C=O) groups is 1. The molecular formula is C14H22N2O6. The van der Waals surface area contributed by atoms with Crippen molar-refractivity contribution in [2.45, 2.75) is 57.7 Å². The molecule has 0 aliphatic carbocycles. The lowest BCUT2D eigenvalue weighted by molar-refractivity contribution is -0.257. The van der Waals surface area contributed by atoms with Gasteiger partial charge in [0.25, 0.3) is 0 Å². The molecule has 1 aromatic rings. The monoisotopic (exact) mass is 314 g/mol. The van der Waals surface area contributed by atoms with E-state index < -0.39 is 35.1 Å². The van der Waals surface area contributed by atoms with Crippen molar-refractivity contribution in [3.05, 3.63) is 12.1 Å². The van der Waals surface area contributed by atoms with Gasteiger partial charge in [0, 0.05) is 36.1 Å². The highest BCUT2D eigenvalue weighted by Crippen LogP contribution is 2.38. The van der Waals surface area contributed by atoms with Crippen molar-refractivity contribution in [1.82, 2.24) is 9.79 Å². The third-order valence-corrected chi connectivity index (χ3v) is 3.83. The van der Waals surface area contributed by atoms with Crippen LogP contribution in [0.3, 0.4) is 0 Å². The number of aromatic nitrogens is 1. The van der Waals surface area contributed by atoms with E-state index in [2.05, 4.69) is 0 Å². The standard InChI is InChI=1S/C14H22N2O6/c1-13(2)7-9(8-14(3,4)16(13)20)21-12(19)22-15-10(17)5-6-11(15)18/h5-6,9,17-18,20H,7-8H2,1-4H3. The summed E-state index contributed by atoms with van der Waals surface area (Å²) >= 11 is 0. The second kappa shape index (κ2) is 5.36. The largest absolute Gasteiger partial charge is 0.534 e. The van der Waals surface area contributed by atoms with Gasteiger partial charge in [-0.1, -0.05) is 0 Å². The van der Waals surface area contributed by atoms with Gasteiger partial charge in [0.15, 0.2) is 0 Å². The summed E-state index contributed by atoms with van der Waals surface area (Å²) in [5, 5.41) is 30.3. The zero-order chi connectivity index (χ0) is 16.7. The van der Waals surface area contributed by atoms with Gasteiger partial charge < -0.3 is 20.2 Å². The number of hydroxylamine groups is 2. The van der Waals surface area contributed by atoms with Crippen molar-refractivity contribution < 1.29 is 29.8 Å². The van der Waals surface area contributed by atoms with Crippen LogP contribution < -0.4 is 4.84 Å². The first-order valence-electron chi connectivity index (χ1n) is 7.01. The first-order valence-corrected chi connectivity index (χ1v) is 7.01. The quantitative estimate of drug-likeness (QED) is 0.716. The van der Waals surface area contributed by atoms with Gasteiger partial charge in [0.2, 0.25) is 11.8 Å². The molecule has 8 heteroatoms. The topological polar surface area (TPSA) is 104 Å². The van der Waals surface area contributed by atoms with E-state index in [0.29, 0.717) is 17.6 Å². The number of rotatable bonds is 2. The molecule has 3 N–H and O–H groups in total. The lowest BCUT2D eigenvalue weighted by Crippen LogP contribution is -2.60. The van der Waals surface area contributed by atoms with Crippen LogP contribution in [-0.2, 0) is 4.74 Å². The minimum atomic E-state index is -1.04. The van der Waals surface area contributed by atoms with E-state index >= 15 is 0 Å². The molecule has 0 atom stereocenters. The molecule has 124 valence electrons. The highest BCUT2D eigenvalue weighted by atomic mass is 16.8. The summed E-state index contributed by atoms with van der Waals surface area (Å²) in [5.41, 5.74) is -1.13. The molecule has 0 radical (unpaired) electrons. The van der Waals surface area contributed by atoms with Crippen LogP contribution in [0.25, 0.3) is 0 Å². The second-order valence-electron chi connectivity index (χ2n) is 6.77. The Bertz CT molecular complexity index is 528. The van der Waals surface area contributed by atoms with Crippen molar-refractivity contribution in [1.29, 1.82) is 0 Å². The molecule has 2 rings (SSSR count). The number of piperidine rings is 1.